The molecule has 1 saturated heterocycles. The number of carboxylic acids is 1. The van der Waals surface area contributed by atoms with Crippen LogP contribution < -0.4 is 0 Å². The maximum Gasteiger partial charge on any atom is 0.323 e. The average molecular weight is 330 g/mol. The Morgan fingerprint density at radius 3 is 2.38 bits per heavy atom. The fraction of sp³-hybridized carbons (Fsp3) is 0.500. The summed E-state index contributed by atoms with van der Waals surface area (Å²) in [4.78, 5) is 39.2. The molecule has 0 aromatic heterocycles. The molecule has 2 aliphatic rings. The van der Waals surface area contributed by atoms with Gasteiger partial charge in [-0.15, -0.1) is 0 Å². The molecular weight excluding hydrogens is 308 g/mol. The number of piperazine rings is 1. The van der Waals surface area contributed by atoms with Crippen molar-refractivity contribution in [3.05, 3.63) is 35.4 Å². The first-order valence-electron chi connectivity index (χ1n) is 8.24. The molecule has 24 heavy (non-hydrogen) atoms. The van der Waals surface area contributed by atoms with E-state index in [4.69, 9.17) is 5.11 Å². The van der Waals surface area contributed by atoms with Crippen molar-refractivity contribution < 1.29 is 19.5 Å². The third kappa shape index (κ3) is 2.77. The summed E-state index contributed by atoms with van der Waals surface area (Å²) in [5.74, 6) is -1.34. The second-order valence-corrected chi connectivity index (χ2v) is 6.78. The number of benzene rings is 1. The van der Waals surface area contributed by atoms with Gasteiger partial charge in [0.1, 0.15) is 12.6 Å². The second-order valence-electron chi connectivity index (χ2n) is 6.78. The van der Waals surface area contributed by atoms with Crippen LogP contribution in [0.2, 0.25) is 0 Å². The lowest BCUT2D eigenvalue weighted by molar-refractivity contribution is -0.155. The fourth-order valence-electron chi connectivity index (χ4n) is 3.43. The van der Waals surface area contributed by atoms with Gasteiger partial charge in [0.05, 0.1) is 5.41 Å². The zero-order valence-electron chi connectivity index (χ0n) is 14.0. The van der Waals surface area contributed by atoms with Crippen molar-refractivity contribution >= 4 is 17.8 Å². The molecule has 2 fully saturated rings. The monoisotopic (exact) mass is 330 g/mol. The number of hydrogen-bond acceptors (Lipinski definition) is 3. The van der Waals surface area contributed by atoms with Crippen molar-refractivity contribution in [2.24, 2.45) is 0 Å². The van der Waals surface area contributed by atoms with Gasteiger partial charge in [0.2, 0.25) is 11.8 Å². The van der Waals surface area contributed by atoms with E-state index < -0.39 is 17.4 Å². The SMILES string of the molecule is Cc1ccc(C2(C(=O)N3CCN(CC(=O)O)C(=O)C3C)CC2)cc1. The van der Waals surface area contributed by atoms with Crippen molar-refractivity contribution in [1.29, 1.82) is 0 Å². The first-order chi connectivity index (χ1) is 11.3. The summed E-state index contributed by atoms with van der Waals surface area (Å²) in [7, 11) is 0. The van der Waals surface area contributed by atoms with E-state index in [-0.39, 0.29) is 24.9 Å². The summed E-state index contributed by atoms with van der Waals surface area (Å²) in [6.45, 7) is 4.03. The average Bonchev–Trinajstić information content (AvgIpc) is 3.33. The molecule has 1 aliphatic heterocycles. The van der Waals surface area contributed by atoms with Gasteiger partial charge in [-0.05, 0) is 32.3 Å². The molecule has 1 unspecified atom stereocenters. The van der Waals surface area contributed by atoms with E-state index in [1.807, 2.05) is 31.2 Å². The van der Waals surface area contributed by atoms with Gasteiger partial charge in [-0.2, -0.15) is 0 Å². The first-order valence-corrected chi connectivity index (χ1v) is 8.24. The molecular formula is C18H22N2O4. The van der Waals surface area contributed by atoms with Crippen LogP contribution >= 0.6 is 0 Å². The van der Waals surface area contributed by atoms with Crippen LogP contribution in [0.15, 0.2) is 24.3 Å². The quantitative estimate of drug-likeness (QED) is 0.899. The lowest BCUT2D eigenvalue weighted by Crippen LogP contribution is -2.60. The Morgan fingerprint density at radius 2 is 1.83 bits per heavy atom. The number of hydrogen-bond donors (Lipinski definition) is 1. The number of aryl methyl sites for hydroxylation is 1. The molecule has 6 nitrogen and oxygen atoms in total. The van der Waals surface area contributed by atoms with Gasteiger partial charge in [-0.1, -0.05) is 29.8 Å². The molecule has 1 atom stereocenters. The third-order valence-electron chi connectivity index (χ3n) is 5.10. The Hall–Kier alpha value is -2.37. The van der Waals surface area contributed by atoms with E-state index in [1.165, 1.54) is 4.90 Å². The molecule has 2 amide bonds. The molecule has 128 valence electrons. The fourth-order valence-corrected chi connectivity index (χ4v) is 3.43. The Labute approximate surface area is 141 Å². The maximum atomic E-state index is 13.1. The van der Waals surface area contributed by atoms with Crippen LogP contribution in [0.25, 0.3) is 0 Å². The van der Waals surface area contributed by atoms with Crippen LogP contribution in [0, 0.1) is 6.92 Å². The van der Waals surface area contributed by atoms with Crippen molar-refractivity contribution in [2.45, 2.75) is 38.1 Å². The minimum atomic E-state index is -1.03. The topological polar surface area (TPSA) is 77.9 Å². The molecule has 1 saturated carbocycles. The molecule has 6 heteroatoms. The van der Waals surface area contributed by atoms with Crippen molar-refractivity contribution in [3.8, 4) is 0 Å². The lowest BCUT2D eigenvalue weighted by atomic mass is 9.92. The molecule has 0 bridgehead atoms. The Balaban J connectivity index is 1.77. The highest BCUT2D eigenvalue weighted by atomic mass is 16.4. The van der Waals surface area contributed by atoms with Gasteiger partial charge >= 0.3 is 5.97 Å². The van der Waals surface area contributed by atoms with E-state index >= 15 is 0 Å². The van der Waals surface area contributed by atoms with Crippen LogP contribution in [-0.2, 0) is 19.8 Å². The highest BCUT2D eigenvalue weighted by Crippen LogP contribution is 2.50. The predicted octanol–water partition coefficient (Wildman–Crippen LogP) is 1.17. The number of aliphatic carboxylic acids is 1. The molecule has 1 aromatic rings. The summed E-state index contributed by atoms with van der Waals surface area (Å²) in [5, 5.41) is 8.88. The number of carbonyl (C=O) groups excluding carboxylic acids is 2. The van der Waals surface area contributed by atoms with Gasteiger partial charge in [-0.3, -0.25) is 14.4 Å². The Bertz CT molecular complexity index is 679. The molecule has 1 aromatic carbocycles. The van der Waals surface area contributed by atoms with Gasteiger partial charge in [-0.25, -0.2) is 0 Å². The maximum absolute atomic E-state index is 13.1. The van der Waals surface area contributed by atoms with Crippen molar-refractivity contribution in [3.63, 3.8) is 0 Å². The standard InChI is InChI=1S/C18H22N2O4/c1-12-3-5-14(6-4-12)18(7-8-18)17(24)20-10-9-19(11-15(21)22)16(23)13(20)2/h3-6,13H,7-11H2,1-2H3,(H,21,22). The highest BCUT2D eigenvalue weighted by Gasteiger charge is 2.54. The normalized spacial score (nSPS) is 22.4. The molecule has 1 N–H and O–H groups in total. The molecule has 0 spiro atoms. The minimum Gasteiger partial charge on any atom is -0.480 e. The van der Waals surface area contributed by atoms with E-state index in [1.54, 1.807) is 11.8 Å². The van der Waals surface area contributed by atoms with E-state index in [0.29, 0.717) is 6.54 Å². The van der Waals surface area contributed by atoms with E-state index in [9.17, 15) is 14.4 Å². The van der Waals surface area contributed by atoms with Crippen LogP contribution in [-0.4, -0.2) is 58.4 Å². The summed E-state index contributed by atoms with van der Waals surface area (Å²) in [6, 6.07) is 7.37. The second kappa shape index (κ2) is 5.92. The predicted molar refractivity (Wildman–Crippen MR) is 87.5 cm³/mol. The lowest BCUT2D eigenvalue weighted by Gasteiger charge is -2.40. The van der Waals surface area contributed by atoms with Gasteiger partial charge in [0.15, 0.2) is 0 Å². The summed E-state index contributed by atoms with van der Waals surface area (Å²) in [5.41, 5.74) is 1.65. The molecule has 3 rings (SSSR count). The smallest absolute Gasteiger partial charge is 0.323 e. The number of nitrogens with zero attached hydrogens (tertiary/aromatic N) is 2. The third-order valence-corrected chi connectivity index (χ3v) is 5.10. The largest absolute Gasteiger partial charge is 0.480 e. The Kier molecular flexibility index (Phi) is 4.07. The number of carboxylic acid groups (broad SMARTS) is 1. The summed E-state index contributed by atoms with van der Waals surface area (Å²) >= 11 is 0. The van der Waals surface area contributed by atoms with Gasteiger partial charge < -0.3 is 14.9 Å². The molecule has 0 radical (unpaired) electrons. The van der Waals surface area contributed by atoms with Crippen molar-refractivity contribution in [2.75, 3.05) is 19.6 Å². The molecule has 1 aliphatic carbocycles. The number of rotatable bonds is 4. The van der Waals surface area contributed by atoms with Crippen LogP contribution in [0.4, 0.5) is 0 Å². The highest BCUT2D eigenvalue weighted by molar-refractivity contribution is 5.96. The zero-order valence-corrected chi connectivity index (χ0v) is 14.0. The zero-order chi connectivity index (χ0) is 17.5. The van der Waals surface area contributed by atoms with Crippen LogP contribution in [0.3, 0.4) is 0 Å². The van der Waals surface area contributed by atoms with Crippen LogP contribution in [0.1, 0.15) is 30.9 Å². The van der Waals surface area contributed by atoms with E-state index in [0.717, 1.165) is 24.0 Å². The van der Waals surface area contributed by atoms with Crippen LogP contribution in [0.5, 0.6) is 0 Å². The summed E-state index contributed by atoms with van der Waals surface area (Å²) < 4.78 is 0. The van der Waals surface area contributed by atoms with Gasteiger partial charge in [0.25, 0.3) is 0 Å². The van der Waals surface area contributed by atoms with E-state index in [2.05, 4.69) is 0 Å². The number of amides is 2. The first kappa shape index (κ1) is 16.5. The summed E-state index contributed by atoms with van der Waals surface area (Å²) in [6.07, 6.45) is 1.59. The van der Waals surface area contributed by atoms with Crippen molar-refractivity contribution in [1.82, 2.24) is 9.80 Å². The van der Waals surface area contributed by atoms with Gasteiger partial charge in [0, 0.05) is 13.1 Å². The number of carbonyl (C=O) groups is 3. The minimum absolute atomic E-state index is 0.0119. The Morgan fingerprint density at radius 1 is 1.21 bits per heavy atom. The molecule has 1 heterocycles.